The van der Waals surface area contributed by atoms with Crippen LogP contribution in [0.4, 0.5) is 0 Å². The second-order valence-corrected chi connectivity index (χ2v) is 7.21. The summed E-state index contributed by atoms with van der Waals surface area (Å²) >= 11 is 1.59. The average Bonchev–Trinajstić information content (AvgIpc) is 3.01. The van der Waals surface area contributed by atoms with Gasteiger partial charge in [-0.1, -0.05) is 12.1 Å². The van der Waals surface area contributed by atoms with Gasteiger partial charge >= 0.3 is 0 Å². The Morgan fingerprint density at radius 1 is 1.38 bits per heavy atom. The Hall–Kier alpha value is -2.21. The number of nitrogens with two attached hydrogens (primary N) is 1. The van der Waals surface area contributed by atoms with E-state index in [0.717, 1.165) is 35.5 Å². The fraction of sp³-hybridized carbons (Fsp3) is 0.389. The minimum atomic E-state index is -0.355. The molecule has 1 aliphatic rings. The number of carbonyl (C=O) groups is 2. The standard InChI is InChI=1S/C18H21N3O2S/c1-12-20-16(11-24-12)13-5-4-6-14(9-13)18(23)21-8-3-2-7-15(21)10-17(19)22/h4-6,9,11,15H,2-3,7-8,10H2,1H3,(H2,19,22)/t15-/m0/s1. The molecule has 24 heavy (non-hydrogen) atoms. The number of primary amides is 1. The van der Waals surface area contributed by atoms with E-state index < -0.39 is 0 Å². The van der Waals surface area contributed by atoms with E-state index in [9.17, 15) is 9.59 Å². The molecule has 1 aliphatic heterocycles. The predicted octanol–water partition coefficient (Wildman–Crippen LogP) is 2.99. The van der Waals surface area contributed by atoms with E-state index in [4.69, 9.17) is 5.73 Å². The van der Waals surface area contributed by atoms with Crippen LogP contribution in [-0.4, -0.2) is 34.3 Å². The SMILES string of the molecule is Cc1nc(-c2cccc(C(=O)N3CCCC[C@H]3CC(N)=O)c2)cs1. The van der Waals surface area contributed by atoms with E-state index in [-0.39, 0.29) is 24.3 Å². The van der Waals surface area contributed by atoms with E-state index >= 15 is 0 Å². The molecule has 0 unspecified atom stereocenters. The zero-order valence-electron chi connectivity index (χ0n) is 13.7. The second kappa shape index (κ2) is 7.13. The van der Waals surface area contributed by atoms with Crippen molar-refractivity contribution in [2.75, 3.05) is 6.54 Å². The number of benzene rings is 1. The minimum absolute atomic E-state index is 0.0326. The van der Waals surface area contributed by atoms with E-state index in [1.165, 1.54) is 0 Å². The first-order chi connectivity index (χ1) is 11.5. The normalized spacial score (nSPS) is 17.7. The maximum absolute atomic E-state index is 12.9. The minimum Gasteiger partial charge on any atom is -0.370 e. The van der Waals surface area contributed by atoms with Crippen LogP contribution in [0.5, 0.6) is 0 Å². The fourth-order valence-corrected chi connectivity index (χ4v) is 3.81. The van der Waals surface area contributed by atoms with Gasteiger partial charge in [-0.3, -0.25) is 9.59 Å². The van der Waals surface area contributed by atoms with Crippen LogP contribution in [0.1, 0.15) is 41.0 Å². The average molecular weight is 343 g/mol. The number of aryl methyl sites for hydroxylation is 1. The molecule has 0 radical (unpaired) electrons. The Labute approximate surface area is 145 Å². The predicted molar refractivity (Wildman–Crippen MR) is 94.8 cm³/mol. The lowest BCUT2D eigenvalue weighted by Gasteiger charge is -2.35. The summed E-state index contributed by atoms with van der Waals surface area (Å²) in [7, 11) is 0. The number of amides is 2. The fourth-order valence-electron chi connectivity index (χ4n) is 3.19. The molecule has 0 saturated carbocycles. The Morgan fingerprint density at radius 2 is 2.21 bits per heavy atom. The van der Waals surface area contributed by atoms with Gasteiger partial charge in [0, 0.05) is 35.5 Å². The number of piperidine rings is 1. The van der Waals surface area contributed by atoms with Crippen molar-refractivity contribution >= 4 is 23.2 Å². The first-order valence-electron chi connectivity index (χ1n) is 8.16. The molecule has 2 heterocycles. The molecule has 0 aliphatic carbocycles. The van der Waals surface area contributed by atoms with Crippen molar-refractivity contribution < 1.29 is 9.59 Å². The number of hydrogen-bond acceptors (Lipinski definition) is 4. The Balaban J connectivity index is 1.84. The third kappa shape index (κ3) is 3.64. The lowest BCUT2D eigenvalue weighted by molar-refractivity contribution is -0.119. The number of thiazole rings is 1. The lowest BCUT2D eigenvalue weighted by Crippen LogP contribution is -2.45. The number of carbonyl (C=O) groups excluding carboxylic acids is 2. The molecule has 2 N–H and O–H groups in total. The van der Waals surface area contributed by atoms with Gasteiger partial charge in [0.1, 0.15) is 0 Å². The van der Waals surface area contributed by atoms with Crippen LogP contribution >= 0.6 is 11.3 Å². The Bertz CT molecular complexity index is 756. The topological polar surface area (TPSA) is 76.3 Å². The van der Waals surface area contributed by atoms with Crippen LogP contribution in [0, 0.1) is 6.92 Å². The van der Waals surface area contributed by atoms with Gasteiger partial charge in [0.25, 0.3) is 5.91 Å². The summed E-state index contributed by atoms with van der Waals surface area (Å²) in [6, 6.07) is 7.45. The molecular weight excluding hydrogens is 322 g/mol. The third-order valence-corrected chi connectivity index (χ3v) is 5.12. The second-order valence-electron chi connectivity index (χ2n) is 6.15. The van der Waals surface area contributed by atoms with Crippen molar-refractivity contribution in [2.45, 2.75) is 38.6 Å². The van der Waals surface area contributed by atoms with Gasteiger partial charge in [-0.2, -0.15) is 0 Å². The van der Waals surface area contributed by atoms with Gasteiger partial charge in [-0.15, -0.1) is 11.3 Å². The highest BCUT2D eigenvalue weighted by atomic mass is 32.1. The number of nitrogens with zero attached hydrogens (tertiary/aromatic N) is 2. The molecule has 0 spiro atoms. The van der Waals surface area contributed by atoms with E-state index in [0.29, 0.717) is 12.1 Å². The van der Waals surface area contributed by atoms with Crippen molar-refractivity contribution in [3.8, 4) is 11.3 Å². The van der Waals surface area contributed by atoms with Crippen LogP contribution in [0.2, 0.25) is 0 Å². The van der Waals surface area contributed by atoms with Crippen molar-refractivity contribution in [3.05, 3.63) is 40.2 Å². The van der Waals surface area contributed by atoms with Gasteiger partial charge < -0.3 is 10.6 Å². The summed E-state index contributed by atoms with van der Waals surface area (Å²) in [5.74, 6) is -0.388. The van der Waals surface area contributed by atoms with Crippen LogP contribution in [0.3, 0.4) is 0 Å². The molecule has 1 fully saturated rings. The molecule has 1 aromatic carbocycles. The number of hydrogen-bond donors (Lipinski definition) is 1. The molecule has 1 aromatic heterocycles. The molecule has 1 atom stereocenters. The first kappa shape index (κ1) is 16.6. The maximum Gasteiger partial charge on any atom is 0.254 e. The van der Waals surface area contributed by atoms with Crippen molar-refractivity contribution in [3.63, 3.8) is 0 Å². The summed E-state index contributed by atoms with van der Waals surface area (Å²) in [5, 5.41) is 3.00. The van der Waals surface area contributed by atoms with Crippen molar-refractivity contribution in [1.82, 2.24) is 9.88 Å². The quantitative estimate of drug-likeness (QED) is 0.927. The Kier molecular flexibility index (Phi) is 4.94. The summed E-state index contributed by atoms with van der Waals surface area (Å²) in [4.78, 5) is 30.5. The van der Waals surface area contributed by atoms with E-state index in [1.807, 2.05) is 36.6 Å². The van der Waals surface area contributed by atoms with Crippen LogP contribution in [0.25, 0.3) is 11.3 Å². The smallest absolute Gasteiger partial charge is 0.254 e. The highest BCUT2D eigenvalue weighted by Gasteiger charge is 2.28. The summed E-state index contributed by atoms with van der Waals surface area (Å²) in [5.41, 5.74) is 7.80. The number of likely N-dealkylation sites (tertiary alicyclic amines) is 1. The molecule has 0 bridgehead atoms. The highest BCUT2D eigenvalue weighted by Crippen LogP contribution is 2.25. The van der Waals surface area contributed by atoms with Gasteiger partial charge in [0.15, 0.2) is 0 Å². The van der Waals surface area contributed by atoms with E-state index in [1.54, 1.807) is 16.2 Å². The van der Waals surface area contributed by atoms with Crippen molar-refractivity contribution in [2.24, 2.45) is 5.73 Å². The highest BCUT2D eigenvalue weighted by molar-refractivity contribution is 7.09. The molecule has 1 saturated heterocycles. The Morgan fingerprint density at radius 3 is 2.92 bits per heavy atom. The summed E-state index contributed by atoms with van der Waals surface area (Å²) < 4.78 is 0. The number of aromatic nitrogens is 1. The zero-order valence-corrected chi connectivity index (χ0v) is 14.5. The van der Waals surface area contributed by atoms with Crippen LogP contribution in [-0.2, 0) is 4.79 Å². The zero-order chi connectivity index (χ0) is 17.1. The summed E-state index contributed by atoms with van der Waals surface area (Å²) in [6.07, 6.45) is 3.06. The molecule has 2 amide bonds. The molecule has 2 aromatic rings. The maximum atomic E-state index is 12.9. The van der Waals surface area contributed by atoms with Gasteiger partial charge in [-0.05, 0) is 38.3 Å². The molecule has 6 heteroatoms. The molecule has 3 rings (SSSR count). The molecule has 126 valence electrons. The van der Waals surface area contributed by atoms with Crippen LogP contribution in [0.15, 0.2) is 29.6 Å². The van der Waals surface area contributed by atoms with Crippen LogP contribution < -0.4 is 5.73 Å². The molecule has 5 nitrogen and oxygen atoms in total. The third-order valence-electron chi connectivity index (χ3n) is 4.35. The largest absolute Gasteiger partial charge is 0.370 e. The molecular formula is C18H21N3O2S. The van der Waals surface area contributed by atoms with Gasteiger partial charge in [0.2, 0.25) is 5.91 Å². The van der Waals surface area contributed by atoms with Crippen molar-refractivity contribution in [1.29, 1.82) is 0 Å². The summed E-state index contributed by atoms with van der Waals surface area (Å²) in [6.45, 7) is 2.64. The van der Waals surface area contributed by atoms with Gasteiger partial charge in [-0.25, -0.2) is 4.98 Å². The first-order valence-corrected chi connectivity index (χ1v) is 9.04. The number of rotatable bonds is 4. The lowest BCUT2D eigenvalue weighted by atomic mass is 9.97. The monoisotopic (exact) mass is 343 g/mol. The van der Waals surface area contributed by atoms with E-state index in [2.05, 4.69) is 4.98 Å². The van der Waals surface area contributed by atoms with Gasteiger partial charge in [0.05, 0.1) is 10.7 Å².